The molecule has 70 valence electrons. The largest absolute Gasteiger partial charge is 0.0701 e. The molecule has 0 aliphatic carbocycles. The molecule has 1 aromatic rings. The van der Waals surface area contributed by atoms with Crippen molar-refractivity contribution in [1.82, 2.24) is 0 Å². The third-order valence-electron chi connectivity index (χ3n) is 2.72. The maximum atomic E-state index is 2.21. The fraction of sp³-hybridized carbons (Fsp3) is 0.385. The molecule has 0 aliphatic rings. The first kappa shape index (κ1) is 10.0. The summed E-state index contributed by atoms with van der Waals surface area (Å²) in [5, 5.41) is 0. The minimum Gasteiger partial charge on any atom is -0.0701 e. The van der Waals surface area contributed by atoms with Gasteiger partial charge in [0.25, 0.3) is 0 Å². The van der Waals surface area contributed by atoms with Crippen LogP contribution in [0.15, 0.2) is 29.8 Å². The Labute approximate surface area is 81.3 Å². The maximum absolute atomic E-state index is 2.21. The molecule has 0 amide bonds. The Morgan fingerprint density at radius 3 is 2.31 bits per heavy atom. The van der Waals surface area contributed by atoms with E-state index in [2.05, 4.69) is 52.0 Å². The molecule has 0 nitrogen and oxygen atoms in total. The van der Waals surface area contributed by atoms with Gasteiger partial charge in [-0.05, 0) is 43.9 Å². The Balaban J connectivity index is 3.16. The van der Waals surface area contributed by atoms with E-state index < -0.39 is 0 Å². The molecule has 0 heterocycles. The molecule has 1 aromatic carbocycles. The predicted molar refractivity (Wildman–Crippen MR) is 59.7 cm³/mol. The Hall–Kier alpha value is -1.04. The number of hydrogen-bond acceptors (Lipinski definition) is 0. The van der Waals surface area contributed by atoms with E-state index in [0.29, 0.717) is 0 Å². The summed E-state index contributed by atoms with van der Waals surface area (Å²) in [4.78, 5) is 0. The van der Waals surface area contributed by atoms with Crippen LogP contribution < -0.4 is 0 Å². The van der Waals surface area contributed by atoms with E-state index in [-0.39, 0.29) is 0 Å². The van der Waals surface area contributed by atoms with Crippen molar-refractivity contribution in [2.24, 2.45) is 0 Å². The van der Waals surface area contributed by atoms with Crippen LogP contribution in [-0.4, -0.2) is 0 Å². The van der Waals surface area contributed by atoms with Crippen molar-refractivity contribution in [2.45, 2.75) is 34.1 Å². The normalized spacial score (nSPS) is 12.6. The molecule has 0 radical (unpaired) electrons. The van der Waals surface area contributed by atoms with E-state index in [1.165, 1.54) is 22.3 Å². The average Bonchev–Trinajstić information content (AvgIpc) is 2.16. The van der Waals surface area contributed by atoms with Crippen LogP contribution >= 0.6 is 0 Å². The fourth-order valence-electron chi connectivity index (χ4n) is 1.49. The molecular formula is C13H18. The van der Waals surface area contributed by atoms with Gasteiger partial charge in [-0.25, -0.2) is 0 Å². The lowest BCUT2D eigenvalue weighted by Crippen LogP contribution is -1.87. The summed E-state index contributed by atoms with van der Waals surface area (Å²) in [5.74, 6) is 0. The topological polar surface area (TPSA) is 0 Å². The molecular weight excluding hydrogens is 156 g/mol. The van der Waals surface area contributed by atoms with Gasteiger partial charge in [0.15, 0.2) is 0 Å². The van der Waals surface area contributed by atoms with Gasteiger partial charge in [-0.3, -0.25) is 0 Å². The second-order valence-corrected chi connectivity index (χ2v) is 3.57. The van der Waals surface area contributed by atoms with Crippen molar-refractivity contribution in [3.63, 3.8) is 0 Å². The first-order chi connectivity index (χ1) is 6.16. The molecule has 0 heteroatoms. The van der Waals surface area contributed by atoms with Crippen LogP contribution in [0.3, 0.4) is 0 Å². The van der Waals surface area contributed by atoms with E-state index in [0.717, 1.165) is 6.42 Å². The van der Waals surface area contributed by atoms with Gasteiger partial charge in [-0.15, -0.1) is 0 Å². The highest BCUT2D eigenvalue weighted by Crippen LogP contribution is 2.22. The van der Waals surface area contributed by atoms with Crippen molar-refractivity contribution in [1.29, 1.82) is 0 Å². The molecule has 1 rings (SSSR count). The van der Waals surface area contributed by atoms with E-state index in [1.54, 1.807) is 0 Å². The average molecular weight is 174 g/mol. The third-order valence-corrected chi connectivity index (χ3v) is 2.72. The molecule has 0 saturated heterocycles. The lowest BCUT2D eigenvalue weighted by Gasteiger charge is -2.08. The molecule has 0 N–H and O–H groups in total. The number of rotatable bonds is 2. The van der Waals surface area contributed by atoms with Crippen LogP contribution in [0.25, 0.3) is 5.57 Å². The highest BCUT2D eigenvalue weighted by Gasteiger charge is 2.01. The summed E-state index contributed by atoms with van der Waals surface area (Å²) in [6, 6.07) is 8.56. The van der Waals surface area contributed by atoms with Gasteiger partial charge in [0.1, 0.15) is 0 Å². The summed E-state index contributed by atoms with van der Waals surface area (Å²) in [7, 11) is 0. The Bertz CT molecular complexity index is 319. The van der Waals surface area contributed by atoms with Gasteiger partial charge in [-0.1, -0.05) is 36.8 Å². The zero-order chi connectivity index (χ0) is 9.84. The van der Waals surface area contributed by atoms with Crippen molar-refractivity contribution >= 4 is 5.57 Å². The van der Waals surface area contributed by atoms with Crippen molar-refractivity contribution in [2.75, 3.05) is 0 Å². The van der Waals surface area contributed by atoms with Crippen LogP contribution in [0.5, 0.6) is 0 Å². The van der Waals surface area contributed by atoms with Crippen molar-refractivity contribution in [3.05, 3.63) is 41.0 Å². The Morgan fingerprint density at radius 1 is 1.15 bits per heavy atom. The Morgan fingerprint density at radius 2 is 1.77 bits per heavy atom. The second kappa shape index (κ2) is 4.27. The molecule has 13 heavy (non-hydrogen) atoms. The quantitative estimate of drug-likeness (QED) is 0.630. The Kier molecular flexibility index (Phi) is 3.30. The minimum atomic E-state index is 1.14. The van der Waals surface area contributed by atoms with Gasteiger partial charge in [0, 0.05) is 0 Å². The molecule has 0 bridgehead atoms. The van der Waals surface area contributed by atoms with E-state index in [1.807, 2.05) is 0 Å². The standard InChI is InChI=1S/C13H18/c1-5-10(2)12(4)13-9-7-6-8-11(13)3/h6-9H,5H2,1-4H3/b12-10+. The first-order valence-corrected chi connectivity index (χ1v) is 4.89. The number of benzene rings is 1. The predicted octanol–water partition coefficient (Wildman–Crippen LogP) is 4.20. The van der Waals surface area contributed by atoms with E-state index in [9.17, 15) is 0 Å². The molecule has 0 atom stereocenters. The first-order valence-electron chi connectivity index (χ1n) is 4.89. The van der Waals surface area contributed by atoms with E-state index >= 15 is 0 Å². The van der Waals surface area contributed by atoms with Gasteiger partial charge >= 0.3 is 0 Å². The van der Waals surface area contributed by atoms with Gasteiger partial charge in [-0.2, -0.15) is 0 Å². The zero-order valence-electron chi connectivity index (χ0n) is 9.02. The number of aryl methyl sites for hydroxylation is 1. The summed E-state index contributed by atoms with van der Waals surface area (Å²) in [6.45, 7) is 8.79. The lowest BCUT2D eigenvalue weighted by atomic mass is 9.97. The van der Waals surface area contributed by atoms with Gasteiger partial charge in [0.05, 0.1) is 0 Å². The maximum Gasteiger partial charge on any atom is -0.0199 e. The third kappa shape index (κ3) is 2.21. The van der Waals surface area contributed by atoms with Crippen molar-refractivity contribution < 1.29 is 0 Å². The van der Waals surface area contributed by atoms with Gasteiger partial charge < -0.3 is 0 Å². The van der Waals surface area contributed by atoms with Crippen molar-refractivity contribution in [3.8, 4) is 0 Å². The SMILES string of the molecule is CC/C(C)=C(\C)c1ccccc1C. The fourth-order valence-corrected chi connectivity index (χ4v) is 1.49. The second-order valence-electron chi connectivity index (χ2n) is 3.57. The van der Waals surface area contributed by atoms with Crippen LogP contribution in [0.1, 0.15) is 38.3 Å². The summed E-state index contributed by atoms with van der Waals surface area (Å²) < 4.78 is 0. The number of allylic oxidation sites excluding steroid dienone is 2. The van der Waals surface area contributed by atoms with Crippen LogP contribution in [0.4, 0.5) is 0 Å². The summed E-state index contributed by atoms with van der Waals surface area (Å²) in [6.07, 6.45) is 1.14. The summed E-state index contributed by atoms with van der Waals surface area (Å²) >= 11 is 0. The molecule has 0 aromatic heterocycles. The number of hydrogen-bond donors (Lipinski definition) is 0. The van der Waals surface area contributed by atoms with Crippen LogP contribution in [0.2, 0.25) is 0 Å². The molecule has 0 fully saturated rings. The highest BCUT2D eigenvalue weighted by molar-refractivity contribution is 5.68. The zero-order valence-corrected chi connectivity index (χ0v) is 9.02. The summed E-state index contributed by atoms with van der Waals surface area (Å²) in [5.41, 5.74) is 5.67. The molecule has 0 unspecified atom stereocenters. The lowest BCUT2D eigenvalue weighted by molar-refractivity contribution is 1.10. The molecule has 0 saturated carbocycles. The smallest absolute Gasteiger partial charge is 0.0199 e. The van der Waals surface area contributed by atoms with Crippen LogP contribution in [-0.2, 0) is 0 Å². The van der Waals surface area contributed by atoms with Crippen LogP contribution in [0, 0.1) is 6.92 Å². The molecule has 0 spiro atoms. The van der Waals surface area contributed by atoms with Gasteiger partial charge in [0.2, 0.25) is 0 Å². The molecule has 0 aliphatic heterocycles. The minimum absolute atomic E-state index is 1.14. The monoisotopic (exact) mass is 174 g/mol. The highest BCUT2D eigenvalue weighted by atomic mass is 14.1. The van der Waals surface area contributed by atoms with E-state index in [4.69, 9.17) is 0 Å².